The third-order valence-electron chi connectivity index (χ3n) is 4.16. The van der Waals surface area contributed by atoms with Crippen molar-refractivity contribution < 1.29 is 19.3 Å². The molecule has 2 aromatic rings. The predicted molar refractivity (Wildman–Crippen MR) is 85.2 cm³/mol. The van der Waals surface area contributed by atoms with Crippen LogP contribution in [0, 0.1) is 0 Å². The van der Waals surface area contributed by atoms with Crippen LogP contribution in [-0.2, 0) is 12.8 Å². The van der Waals surface area contributed by atoms with E-state index in [9.17, 15) is 5.11 Å². The van der Waals surface area contributed by atoms with Crippen molar-refractivity contribution in [3.05, 3.63) is 35.4 Å². The summed E-state index contributed by atoms with van der Waals surface area (Å²) >= 11 is 0. The zero-order chi connectivity index (χ0) is 15.7. The predicted octanol–water partition coefficient (Wildman–Crippen LogP) is 3.57. The molecule has 0 aromatic heterocycles. The third-order valence-corrected chi connectivity index (χ3v) is 4.16. The molecule has 0 saturated heterocycles. The molecule has 0 saturated carbocycles. The van der Waals surface area contributed by atoms with Crippen LogP contribution in [0.15, 0.2) is 24.3 Å². The van der Waals surface area contributed by atoms with E-state index < -0.39 is 0 Å². The minimum atomic E-state index is 0.293. The van der Waals surface area contributed by atoms with E-state index in [1.165, 1.54) is 5.56 Å². The van der Waals surface area contributed by atoms with Crippen molar-refractivity contribution in [2.24, 2.45) is 0 Å². The molecule has 0 heterocycles. The van der Waals surface area contributed by atoms with E-state index in [2.05, 4.69) is 0 Å². The average molecular weight is 300 g/mol. The highest BCUT2D eigenvalue weighted by atomic mass is 16.5. The number of hydrogen-bond acceptors (Lipinski definition) is 4. The summed E-state index contributed by atoms with van der Waals surface area (Å²) in [6.45, 7) is 0. The Labute approximate surface area is 130 Å². The minimum absolute atomic E-state index is 0.293. The van der Waals surface area contributed by atoms with Gasteiger partial charge in [-0.3, -0.25) is 0 Å². The second kappa shape index (κ2) is 5.79. The smallest absolute Gasteiger partial charge is 0.203 e. The first kappa shape index (κ1) is 14.6. The highest BCUT2D eigenvalue weighted by molar-refractivity contribution is 5.82. The largest absolute Gasteiger partial charge is 0.508 e. The first-order chi connectivity index (χ1) is 10.7. The van der Waals surface area contributed by atoms with Crippen molar-refractivity contribution in [2.75, 3.05) is 21.3 Å². The van der Waals surface area contributed by atoms with Gasteiger partial charge in [0.05, 0.1) is 21.3 Å². The lowest BCUT2D eigenvalue weighted by Gasteiger charge is -2.19. The Morgan fingerprint density at radius 3 is 2.27 bits per heavy atom. The van der Waals surface area contributed by atoms with Crippen molar-refractivity contribution in [1.29, 1.82) is 0 Å². The van der Waals surface area contributed by atoms with Crippen LogP contribution in [0.25, 0.3) is 11.1 Å². The van der Waals surface area contributed by atoms with Crippen LogP contribution in [-0.4, -0.2) is 26.4 Å². The summed E-state index contributed by atoms with van der Waals surface area (Å²) < 4.78 is 16.6. The van der Waals surface area contributed by atoms with E-state index in [0.717, 1.165) is 36.0 Å². The van der Waals surface area contributed by atoms with Gasteiger partial charge in [0.25, 0.3) is 0 Å². The fourth-order valence-electron chi connectivity index (χ4n) is 3.20. The zero-order valence-electron chi connectivity index (χ0n) is 13.1. The molecule has 1 aliphatic rings. The number of hydrogen-bond donors (Lipinski definition) is 1. The number of rotatable bonds is 3. The molecule has 116 valence electrons. The van der Waals surface area contributed by atoms with Gasteiger partial charge in [0.2, 0.25) is 5.75 Å². The monoisotopic (exact) mass is 300 g/mol. The lowest BCUT2D eigenvalue weighted by Crippen LogP contribution is -2.00. The van der Waals surface area contributed by atoms with Crippen molar-refractivity contribution in [3.63, 3.8) is 0 Å². The molecule has 4 heteroatoms. The minimum Gasteiger partial charge on any atom is -0.508 e. The molecule has 0 fully saturated rings. The standard InChI is InChI=1S/C18H20O4/c1-20-15-10-12-6-4-5-11-9-13(19)7-8-14(11)16(12)18(22-3)17(15)21-2/h7-10,19H,4-6H2,1-3H3. The lowest BCUT2D eigenvalue weighted by molar-refractivity contribution is 0.324. The van der Waals surface area contributed by atoms with Crippen LogP contribution in [0.5, 0.6) is 23.0 Å². The summed E-state index contributed by atoms with van der Waals surface area (Å²) in [7, 11) is 4.89. The highest BCUT2D eigenvalue weighted by Gasteiger charge is 2.25. The molecule has 0 spiro atoms. The van der Waals surface area contributed by atoms with Crippen molar-refractivity contribution in [3.8, 4) is 34.1 Å². The van der Waals surface area contributed by atoms with Crippen molar-refractivity contribution in [1.82, 2.24) is 0 Å². The van der Waals surface area contributed by atoms with Crippen LogP contribution in [0.4, 0.5) is 0 Å². The summed E-state index contributed by atoms with van der Waals surface area (Å²) in [4.78, 5) is 0. The fourth-order valence-corrected chi connectivity index (χ4v) is 3.20. The Hall–Kier alpha value is -2.36. The van der Waals surface area contributed by atoms with Crippen LogP contribution in [0.2, 0.25) is 0 Å². The molecule has 0 radical (unpaired) electrons. The SMILES string of the molecule is COc1cc2c(c(OC)c1OC)-c1ccc(O)cc1CCC2. The van der Waals surface area contributed by atoms with Crippen LogP contribution < -0.4 is 14.2 Å². The maximum absolute atomic E-state index is 9.76. The molecule has 3 rings (SSSR count). The van der Waals surface area contributed by atoms with Gasteiger partial charge in [-0.2, -0.15) is 0 Å². The van der Waals surface area contributed by atoms with Crippen LogP contribution in [0.3, 0.4) is 0 Å². The van der Waals surface area contributed by atoms with E-state index in [1.54, 1.807) is 27.4 Å². The van der Waals surface area contributed by atoms with Crippen molar-refractivity contribution in [2.45, 2.75) is 19.3 Å². The average Bonchev–Trinajstić information content (AvgIpc) is 2.71. The Kier molecular flexibility index (Phi) is 3.84. The summed E-state index contributed by atoms with van der Waals surface area (Å²) in [5.41, 5.74) is 4.43. The van der Waals surface area contributed by atoms with E-state index in [1.807, 2.05) is 18.2 Å². The Balaban J connectivity index is 2.34. The maximum Gasteiger partial charge on any atom is 0.203 e. The fraction of sp³-hybridized carbons (Fsp3) is 0.333. The van der Waals surface area contributed by atoms with Gasteiger partial charge in [-0.05, 0) is 54.2 Å². The summed E-state index contributed by atoms with van der Waals surface area (Å²) in [5.74, 6) is 2.26. The maximum atomic E-state index is 9.76. The first-order valence-electron chi connectivity index (χ1n) is 7.33. The van der Waals surface area contributed by atoms with E-state index in [4.69, 9.17) is 14.2 Å². The van der Waals surface area contributed by atoms with Gasteiger partial charge in [-0.25, -0.2) is 0 Å². The Morgan fingerprint density at radius 2 is 1.59 bits per heavy atom. The normalized spacial score (nSPS) is 12.9. The number of aromatic hydroxyl groups is 1. The molecular weight excluding hydrogens is 280 g/mol. The number of phenols is 1. The van der Waals surface area contributed by atoms with Crippen molar-refractivity contribution >= 4 is 0 Å². The Bertz CT molecular complexity index is 707. The number of fused-ring (bicyclic) bond motifs is 3. The quantitative estimate of drug-likeness (QED) is 0.941. The first-order valence-corrected chi connectivity index (χ1v) is 7.33. The number of phenolic OH excluding ortho intramolecular Hbond substituents is 1. The molecule has 0 bridgehead atoms. The molecule has 1 aliphatic carbocycles. The van der Waals surface area contributed by atoms with E-state index in [0.29, 0.717) is 23.0 Å². The van der Waals surface area contributed by atoms with Gasteiger partial charge >= 0.3 is 0 Å². The molecule has 4 nitrogen and oxygen atoms in total. The molecule has 0 atom stereocenters. The number of benzene rings is 2. The lowest BCUT2D eigenvalue weighted by atomic mass is 9.94. The van der Waals surface area contributed by atoms with Crippen LogP contribution >= 0.6 is 0 Å². The zero-order valence-corrected chi connectivity index (χ0v) is 13.1. The second-order valence-corrected chi connectivity index (χ2v) is 5.37. The van der Waals surface area contributed by atoms with Gasteiger partial charge in [0.15, 0.2) is 11.5 Å². The second-order valence-electron chi connectivity index (χ2n) is 5.37. The van der Waals surface area contributed by atoms with Gasteiger partial charge in [0, 0.05) is 5.56 Å². The van der Waals surface area contributed by atoms with Gasteiger partial charge < -0.3 is 19.3 Å². The highest BCUT2D eigenvalue weighted by Crippen LogP contribution is 2.49. The molecular formula is C18H20O4. The topological polar surface area (TPSA) is 47.9 Å². The summed E-state index contributed by atoms with van der Waals surface area (Å²) in [6, 6.07) is 7.52. The molecule has 0 amide bonds. The van der Waals surface area contributed by atoms with Gasteiger partial charge in [-0.1, -0.05) is 6.07 Å². The molecule has 0 unspecified atom stereocenters. The summed E-state index contributed by atoms with van der Waals surface area (Å²) in [5, 5.41) is 9.76. The molecule has 0 aliphatic heterocycles. The Morgan fingerprint density at radius 1 is 0.864 bits per heavy atom. The number of methoxy groups -OCH3 is 3. The van der Waals surface area contributed by atoms with E-state index in [-0.39, 0.29) is 0 Å². The van der Waals surface area contributed by atoms with Gasteiger partial charge in [0.1, 0.15) is 5.75 Å². The van der Waals surface area contributed by atoms with Crippen LogP contribution in [0.1, 0.15) is 17.5 Å². The van der Waals surface area contributed by atoms with Gasteiger partial charge in [-0.15, -0.1) is 0 Å². The molecule has 1 N–H and O–H groups in total. The number of aryl methyl sites for hydroxylation is 2. The van der Waals surface area contributed by atoms with E-state index >= 15 is 0 Å². The molecule has 22 heavy (non-hydrogen) atoms. The third kappa shape index (κ3) is 2.25. The number of ether oxygens (including phenoxy) is 3. The molecule has 2 aromatic carbocycles. The summed E-state index contributed by atoms with van der Waals surface area (Å²) in [6.07, 6.45) is 2.87.